The van der Waals surface area contributed by atoms with Crippen molar-refractivity contribution in [1.29, 1.82) is 0 Å². The SMILES string of the molecule is O=C(OCC1CCCO1)c1ccccc1Br. The molecule has 3 nitrogen and oxygen atoms in total. The molecule has 0 amide bonds. The number of esters is 1. The van der Waals surface area contributed by atoms with Crippen LogP contribution in [0, 0.1) is 0 Å². The number of ether oxygens (including phenoxy) is 2. The van der Waals surface area contributed by atoms with Gasteiger partial charge in [-0.2, -0.15) is 0 Å². The minimum atomic E-state index is -0.303. The zero-order valence-corrected chi connectivity index (χ0v) is 10.4. The molecular formula is C12H13BrO3. The molecule has 0 N–H and O–H groups in total. The van der Waals surface area contributed by atoms with Crippen LogP contribution >= 0.6 is 15.9 Å². The lowest BCUT2D eigenvalue weighted by atomic mass is 10.2. The molecule has 16 heavy (non-hydrogen) atoms. The van der Waals surface area contributed by atoms with Gasteiger partial charge in [0.15, 0.2) is 0 Å². The fourth-order valence-electron chi connectivity index (χ4n) is 1.65. The second kappa shape index (κ2) is 5.46. The number of carbonyl (C=O) groups is 1. The highest BCUT2D eigenvalue weighted by Gasteiger charge is 2.18. The highest BCUT2D eigenvalue weighted by molar-refractivity contribution is 9.10. The summed E-state index contributed by atoms with van der Waals surface area (Å²) >= 11 is 3.32. The lowest BCUT2D eigenvalue weighted by molar-refractivity contribution is 0.0160. The van der Waals surface area contributed by atoms with Crippen LogP contribution < -0.4 is 0 Å². The molecule has 1 aliphatic rings. The van der Waals surface area contributed by atoms with Crippen molar-refractivity contribution in [3.8, 4) is 0 Å². The van der Waals surface area contributed by atoms with Gasteiger partial charge in [-0.1, -0.05) is 12.1 Å². The lowest BCUT2D eigenvalue weighted by Gasteiger charge is -2.10. The smallest absolute Gasteiger partial charge is 0.339 e. The third kappa shape index (κ3) is 2.83. The van der Waals surface area contributed by atoms with Gasteiger partial charge in [0.2, 0.25) is 0 Å². The maximum Gasteiger partial charge on any atom is 0.339 e. The molecule has 1 aromatic carbocycles. The molecule has 0 aromatic heterocycles. The Morgan fingerprint density at radius 2 is 2.31 bits per heavy atom. The third-order valence-corrected chi connectivity index (χ3v) is 3.21. The maximum absolute atomic E-state index is 11.7. The Labute approximate surface area is 103 Å². The monoisotopic (exact) mass is 284 g/mol. The minimum absolute atomic E-state index is 0.0754. The Kier molecular flexibility index (Phi) is 3.96. The van der Waals surface area contributed by atoms with E-state index >= 15 is 0 Å². The molecule has 1 aliphatic heterocycles. The number of carbonyl (C=O) groups excluding carboxylic acids is 1. The number of hydrogen-bond acceptors (Lipinski definition) is 3. The second-order valence-corrected chi connectivity index (χ2v) is 4.57. The van der Waals surface area contributed by atoms with E-state index in [1.54, 1.807) is 6.07 Å². The lowest BCUT2D eigenvalue weighted by Crippen LogP contribution is -2.18. The van der Waals surface area contributed by atoms with E-state index in [2.05, 4.69) is 15.9 Å². The normalized spacial score (nSPS) is 19.7. The van der Waals surface area contributed by atoms with Crippen molar-refractivity contribution in [2.45, 2.75) is 18.9 Å². The molecule has 1 fully saturated rings. The molecule has 1 unspecified atom stereocenters. The first-order valence-corrected chi connectivity index (χ1v) is 6.10. The van der Waals surface area contributed by atoms with Crippen molar-refractivity contribution in [1.82, 2.24) is 0 Å². The molecule has 0 aliphatic carbocycles. The predicted molar refractivity (Wildman–Crippen MR) is 63.4 cm³/mol. The second-order valence-electron chi connectivity index (χ2n) is 3.71. The topological polar surface area (TPSA) is 35.5 Å². The van der Waals surface area contributed by atoms with Crippen LogP contribution in [0.1, 0.15) is 23.2 Å². The van der Waals surface area contributed by atoms with Gasteiger partial charge in [0.05, 0.1) is 11.7 Å². The average molecular weight is 285 g/mol. The molecule has 2 rings (SSSR count). The van der Waals surface area contributed by atoms with Gasteiger partial charge in [-0.05, 0) is 40.9 Å². The van der Waals surface area contributed by atoms with Crippen molar-refractivity contribution >= 4 is 21.9 Å². The summed E-state index contributed by atoms with van der Waals surface area (Å²) in [5, 5.41) is 0. The van der Waals surface area contributed by atoms with Crippen LogP contribution in [0.15, 0.2) is 28.7 Å². The van der Waals surface area contributed by atoms with Gasteiger partial charge in [-0.3, -0.25) is 0 Å². The Morgan fingerprint density at radius 3 is 3.00 bits per heavy atom. The first kappa shape index (κ1) is 11.6. The number of benzene rings is 1. The van der Waals surface area contributed by atoms with Gasteiger partial charge >= 0.3 is 5.97 Å². The summed E-state index contributed by atoms with van der Waals surface area (Å²) in [4.78, 5) is 11.7. The van der Waals surface area contributed by atoms with E-state index in [0.29, 0.717) is 12.2 Å². The molecule has 0 saturated carbocycles. The van der Waals surface area contributed by atoms with Gasteiger partial charge < -0.3 is 9.47 Å². The van der Waals surface area contributed by atoms with E-state index in [-0.39, 0.29) is 12.1 Å². The maximum atomic E-state index is 11.7. The molecule has 4 heteroatoms. The Balaban J connectivity index is 1.90. The van der Waals surface area contributed by atoms with Crippen molar-refractivity contribution in [3.63, 3.8) is 0 Å². The zero-order chi connectivity index (χ0) is 11.4. The average Bonchev–Trinajstić information content (AvgIpc) is 2.79. The summed E-state index contributed by atoms with van der Waals surface area (Å²) in [5.41, 5.74) is 0.556. The summed E-state index contributed by atoms with van der Waals surface area (Å²) < 4.78 is 11.3. The molecule has 1 saturated heterocycles. The van der Waals surface area contributed by atoms with Crippen LogP contribution in [-0.4, -0.2) is 25.3 Å². The number of halogens is 1. The Hall–Kier alpha value is -0.870. The van der Waals surface area contributed by atoms with Crippen LogP contribution in [-0.2, 0) is 9.47 Å². The van der Waals surface area contributed by atoms with E-state index in [9.17, 15) is 4.79 Å². The highest BCUT2D eigenvalue weighted by Crippen LogP contribution is 2.18. The van der Waals surface area contributed by atoms with E-state index in [1.165, 1.54) is 0 Å². The molecule has 0 radical (unpaired) electrons. The summed E-state index contributed by atoms with van der Waals surface area (Å²) in [6.45, 7) is 1.12. The van der Waals surface area contributed by atoms with Gasteiger partial charge in [0.25, 0.3) is 0 Å². The Bertz CT molecular complexity index is 372. The van der Waals surface area contributed by atoms with E-state index < -0.39 is 0 Å². The fraction of sp³-hybridized carbons (Fsp3) is 0.417. The van der Waals surface area contributed by atoms with Crippen molar-refractivity contribution in [3.05, 3.63) is 34.3 Å². The van der Waals surface area contributed by atoms with Crippen molar-refractivity contribution in [2.24, 2.45) is 0 Å². The first-order valence-electron chi connectivity index (χ1n) is 5.30. The van der Waals surface area contributed by atoms with Gasteiger partial charge in [-0.25, -0.2) is 4.79 Å². The number of hydrogen-bond donors (Lipinski definition) is 0. The first-order chi connectivity index (χ1) is 7.77. The minimum Gasteiger partial charge on any atom is -0.459 e. The van der Waals surface area contributed by atoms with E-state index in [0.717, 1.165) is 23.9 Å². The molecule has 0 bridgehead atoms. The van der Waals surface area contributed by atoms with Gasteiger partial charge in [-0.15, -0.1) is 0 Å². The molecule has 1 atom stereocenters. The third-order valence-electron chi connectivity index (χ3n) is 2.52. The van der Waals surface area contributed by atoms with Crippen molar-refractivity contribution in [2.75, 3.05) is 13.2 Å². The Morgan fingerprint density at radius 1 is 1.50 bits per heavy atom. The molecule has 86 valence electrons. The molecular weight excluding hydrogens is 272 g/mol. The fourth-order valence-corrected chi connectivity index (χ4v) is 2.10. The highest BCUT2D eigenvalue weighted by atomic mass is 79.9. The summed E-state index contributed by atoms with van der Waals surface area (Å²) in [6.07, 6.45) is 2.10. The van der Waals surface area contributed by atoms with Crippen LogP contribution in [0.2, 0.25) is 0 Å². The van der Waals surface area contributed by atoms with E-state index in [1.807, 2.05) is 18.2 Å². The van der Waals surface area contributed by atoms with Gasteiger partial charge in [0.1, 0.15) is 6.61 Å². The predicted octanol–water partition coefficient (Wildman–Crippen LogP) is 2.78. The van der Waals surface area contributed by atoms with Gasteiger partial charge in [0, 0.05) is 11.1 Å². The summed E-state index contributed by atoms with van der Waals surface area (Å²) in [6, 6.07) is 7.24. The molecule has 1 heterocycles. The van der Waals surface area contributed by atoms with Crippen LogP contribution in [0.3, 0.4) is 0 Å². The summed E-state index contributed by atoms with van der Waals surface area (Å²) in [7, 11) is 0. The van der Waals surface area contributed by atoms with Crippen LogP contribution in [0.25, 0.3) is 0 Å². The summed E-state index contributed by atoms with van der Waals surface area (Å²) in [5.74, 6) is -0.303. The number of rotatable bonds is 3. The van der Waals surface area contributed by atoms with Crippen LogP contribution in [0.5, 0.6) is 0 Å². The van der Waals surface area contributed by atoms with Crippen LogP contribution in [0.4, 0.5) is 0 Å². The van der Waals surface area contributed by atoms with E-state index in [4.69, 9.17) is 9.47 Å². The quantitative estimate of drug-likeness (QED) is 0.801. The largest absolute Gasteiger partial charge is 0.459 e. The molecule has 0 spiro atoms. The zero-order valence-electron chi connectivity index (χ0n) is 8.82. The van der Waals surface area contributed by atoms with Crippen molar-refractivity contribution < 1.29 is 14.3 Å². The molecule has 1 aromatic rings. The standard InChI is InChI=1S/C12H13BrO3/c13-11-6-2-1-5-10(11)12(14)16-8-9-4-3-7-15-9/h1-2,5-6,9H,3-4,7-8H2.